The molecule has 1 aliphatic carbocycles. The first-order valence-electron chi connectivity index (χ1n) is 8.83. The van der Waals surface area contributed by atoms with Crippen molar-refractivity contribution in [3.63, 3.8) is 0 Å². The van der Waals surface area contributed by atoms with Gasteiger partial charge in [0.05, 0.1) is 4.87 Å². The summed E-state index contributed by atoms with van der Waals surface area (Å²) in [5, 5.41) is 2.98. The molecular formula is C17H26N2O4S. The van der Waals surface area contributed by atoms with E-state index in [2.05, 4.69) is 12.2 Å². The maximum atomic E-state index is 12.3. The molecular weight excluding hydrogens is 328 g/mol. The minimum atomic E-state index is -0.559. The van der Waals surface area contributed by atoms with Gasteiger partial charge in [0.1, 0.15) is 6.04 Å². The molecule has 0 unspecified atom stereocenters. The molecule has 3 fully saturated rings. The topological polar surface area (TPSA) is 75.7 Å². The fourth-order valence-corrected chi connectivity index (χ4v) is 5.42. The highest BCUT2D eigenvalue weighted by molar-refractivity contribution is 8.01. The second-order valence-electron chi connectivity index (χ2n) is 7.31. The summed E-state index contributed by atoms with van der Waals surface area (Å²) < 4.78 is 5.21. The summed E-state index contributed by atoms with van der Waals surface area (Å²) in [5.74, 6) is 0.302. The molecule has 7 heteroatoms. The maximum absolute atomic E-state index is 12.3. The molecule has 0 radical (unpaired) electrons. The Bertz CT molecular complexity index is 541. The van der Waals surface area contributed by atoms with Crippen LogP contribution in [-0.4, -0.2) is 52.0 Å². The van der Waals surface area contributed by atoms with Crippen molar-refractivity contribution in [1.29, 1.82) is 0 Å². The number of rotatable bonds is 4. The molecule has 3 rings (SSSR count). The Morgan fingerprint density at radius 1 is 1.38 bits per heavy atom. The molecule has 0 aromatic carbocycles. The van der Waals surface area contributed by atoms with E-state index in [-0.39, 0.29) is 29.3 Å². The number of hydrogen-bond donors (Lipinski definition) is 1. The average Bonchev–Trinajstić information content (AvgIpc) is 3.04. The molecule has 2 amide bonds. The highest BCUT2D eigenvalue weighted by Crippen LogP contribution is 2.47. The lowest BCUT2D eigenvalue weighted by molar-refractivity contribution is -0.156. The van der Waals surface area contributed by atoms with Crippen LogP contribution in [0.5, 0.6) is 0 Å². The van der Waals surface area contributed by atoms with E-state index >= 15 is 0 Å². The van der Waals surface area contributed by atoms with E-state index in [1.165, 1.54) is 6.42 Å². The molecule has 3 aliphatic rings. The van der Waals surface area contributed by atoms with Gasteiger partial charge in [0.2, 0.25) is 5.91 Å². The normalized spacial score (nSPS) is 35.7. The van der Waals surface area contributed by atoms with E-state index in [1.807, 2.05) is 6.92 Å². The summed E-state index contributed by atoms with van der Waals surface area (Å²) in [6, 6.07) is -0.383. The van der Waals surface area contributed by atoms with Gasteiger partial charge in [0.15, 0.2) is 6.61 Å². The Morgan fingerprint density at radius 3 is 2.88 bits per heavy atom. The van der Waals surface area contributed by atoms with Crippen LogP contribution in [0.25, 0.3) is 0 Å². The second kappa shape index (κ2) is 6.94. The maximum Gasteiger partial charge on any atom is 0.330 e. The molecule has 134 valence electrons. The van der Waals surface area contributed by atoms with Crippen molar-refractivity contribution in [1.82, 2.24) is 10.2 Å². The number of carbonyl (C=O) groups excluding carboxylic acids is 3. The molecule has 0 aromatic rings. The summed E-state index contributed by atoms with van der Waals surface area (Å²) in [6.45, 7) is 3.88. The van der Waals surface area contributed by atoms with E-state index in [4.69, 9.17) is 4.74 Å². The molecule has 2 saturated heterocycles. The fourth-order valence-electron chi connectivity index (χ4n) is 4.01. The van der Waals surface area contributed by atoms with Crippen LogP contribution in [0.1, 0.15) is 52.4 Å². The number of amides is 2. The lowest BCUT2D eigenvalue weighted by atomic mass is 9.86. The quantitative estimate of drug-likeness (QED) is 0.778. The van der Waals surface area contributed by atoms with Crippen LogP contribution in [0.3, 0.4) is 0 Å². The van der Waals surface area contributed by atoms with Gasteiger partial charge in [-0.25, -0.2) is 4.79 Å². The summed E-state index contributed by atoms with van der Waals surface area (Å²) in [4.78, 5) is 37.8. The molecule has 0 bridgehead atoms. The van der Waals surface area contributed by atoms with E-state index in [1.54, 1.807) is 16.7 Å². The van der Waals surface area contributed by atoms with Gasteiger partial charge in [-0.3, -0.25) is 9.59 Å². The summed E-state index contributed by atoms with van der Waals surface area (Å²) in [5.41, 5.74) is 0. The Morgan fingerprint density at radius 2 is 2.12 bits per heavy atom. The van der Waals surface area contributed by atoms with E-state index in [0.717, 1.165) is 25.7 Å². The van der Waals surface area contributed by atoms with Crippen molar-refractivity contribution in [2.24, 2.45) is 5.92 Å². The number of esters is 1. The third-order valence-corrected chi connectivity index (χ3v) is 7.03. The van der Waals surface area contributed by atoms with E-state index in [0.29, 0.717) is 18.1 Å². The first kappa shape index (κ1) is 17.6. The van der Waals surface area contributed by atoms with Gasteiger partial charge in [-0.05, 0) is 32.1 Å². The third-order valence-electron chi connectivity index (χ3n) is 5.52. The van der Waals surface area contributed by atoms with Gasteiger partial charge < -0.3 is 15.0 Å². The zero-order valence-corrected chi connectivity index (χ0v) is 15.2. The van der Waals surface area contributed by atoms with Gasteiger partial charge >= 0.3 is 5.97 Å². The largest absolute Gasteiger partial charge is 0.454 e. The van der Waals surface area contributed by atoms with Crippen LogP contribution in [0.4, 0.5) is 0 Å². The number of nitrogens with one attached hydrogen (secondary N) is 1. The van der Waals surface area contributed by atoms with Crippen molar-refractivity contribution in [3.05, 3.63) is 0 Å². The van der Waals surface area contributed by atoms with E-state index < -0.39 is 12.0 Å². The van der Waals surface area contributed by atoms with Gasteiger partial charge in [-0.15, -0.1) is 11.8 Å². The number of carbonyl (C=O) groups is 3. The molecule has 2 aliphatic heterocycles. The summed E-state index contributed by atoms with van der Waals surface area (Å²) in [6.07, 6.45) is 5.70. The average molecular weight is 354 g/mol. The lowest BCUT2D eigenvalue weighted by Crippen LogP contribution is -2.48. The zero-order valence-electron chi connectivity index (χ0n) is 14.4. The van der Waals surface area contributed by atoms with Gasteiger partial charge in [-0.2, -0.15) is 0 Å². The van der Waals surface area contributed by atoms with Crippen LogP contribution >= 0.6 is 11.8 Å². The van der Waals surface area contributed by atoms with Crippen molar-refractivity contribution in [3.8, 4) is 0 Å². The molecule has 4 atom stereocenters. The predicted molar refractivity (Wildman–Crippen MR) is 91.3 cm³/mol. The van der Waals surface area contributed by atoms with Crippen LogP contribution in [0.2, 0.25) is 0 Å². The smallest absolute Gasteiger partial charge is 0.330 e. The lowest BCUT2D eigenvalue weighted by Gasteiger charge is -2.30. The first-order valence-corrected chi connectivity index (χ1v) is 9.81. The molecule has 24 heavy (non-hydrogen) atoms. The minimum absolute atomic E-state index is 0.00457. The zero-order chi connectivity index (χ0) is 17.3. The summed E-state index contributed by atoms with van der Waals surface area (Å²) >= 11 is 1.62. The van der Waals surface area contributed by atoms with Crippen LogP contribution < -0.4 is 5.32 Å². The van der Waals surface area contributed by atoms with Crippen LogP contribution in [-0.2, 0) is 19.1 Å². The monoisotopic (exact) mass is 354 g/mol. The summed E-state index contributed by atoms with van der Waals surface area (Å²) in [7, 11) is 0. The highest BCUT2D eigenvalue weighted by atomic mass is 32.2. The first-order chi connectivity index (χ1) is 11.4. The van der Waals surface area contributed by atoms with Crippen LogP contribution in [0, 0.1) is 5.92 Å². The van der Waals surface area contributed by atoms with Crippen molar-refractivity contribution < 1.29 is 19.1 Å². The van der Waals surface area contributed by atoms with Crippen LogP contribution in [0.15, 0.2) is 0 Å². The SMILES string of the molecule is C[C@@H]1CCCC[C@@H]1NC(=O)COC(=O)[C@@H]1CS[C@@]2(C)CCC(=O)N12. The van der Waals surface area contributed by atoms with E-state index in [9.17, 15) is 14.4 Å². The Balaban J connectivity index is 1.49. The predicted octanol–water partition coefficient (Wildman–Crippen LogP) is 1.68. The Labute approximate surface area is 147 Å². The highest BCUT2D eigenvalue weighted by Gasteiger charge is 2.53. The number of fused-ring (bicyclic) bond motifs is 1. The number of nitrogens with zero attached hydrogens (tertiary/aromatic N) is 1. The number of ether oxygens (including phenoxy) is 1. The van der Waals surface area contributed by atoms with Gasteiger partial charge in [0.25, 0.3) is 5.91 Å². The second-order valence-corrected chi connectivity index (χ2v) is 8.81. The molecule has 0 aromatic heterocycles. The molecule has 1 saturated carbocycles. The minimum Gasteiger partial charge on any atom is -0.454 e. The van der Waals surface area contributed by atoms with Crippen molar-refractivity contribution in [2.75, 3.05) is 12.4 Å². The number of thioether (sulfide) groups is 1. The van der Waals surface area contributed by atoms with Gasteiger partial charge in [-0.1, -0.05) is 19.8 Å². The number of hydrogen-bond acceptors (Lipinski definition) is 5. The van der Waals surface area contributed by atoms with Crippen molar-refractivity contribution >= 4 is 29.5 Å². The Kier molecular flexibility index (Phi) is 5.08. The standard InChI is InChI=1S/C17H26N2O4S/c1-11-5-3-4-6-12(11)18-14(20)9-23-16(22)13-10-24-17(2)8-7-15(21)19(13)17/h11-13H,3-10H2,1-2H3,(H,18,20)/t11-,12+,13+,17+/m1/s1. The molecule has 6 nitrogen and oxygen atoms in total. The van der Waals surface area contributed by atoms with Crippen molar-refractivity contribution in [2.45, 2.75) is 69.3 Å². The molecule has 2 heterocycles. The third kappa shape index (κ3) is 3.41. The Hall–Kier alpha value is -1.24. The molecule has 0 spiro atoms. The van der Waals surface area contributed by atoms with Gasteiger partial charge in [0, 0.05) is 18.2 Å². The fraction of sp³-hybridized carbons (Fsp3) is 0.824. The molecule has 1 N–H and O–H groups in total.